The maximum atomic E-state index is 15.0. The van der Waals surface area contributed by atoms with Gasteiger partial charge < -0.3 is 14.7 Å². The van der Waals surface area contributed by atoms with Crippen molar-refractivity contribution >= 4 is 34.2 Å². The van der Waals surface area contributed by atoms with Gasteiger partial charge in [0.1, 0.15) is 11.6 Å². The van der Waals surface area contributed by atoms with Crippen LogP contribution in [0.2, 0.25) is 5.02 Å². The smallest absolute Gasteiger partial charge is 0.246 e. The van der Waals surface area contributed by atoms with Crippen molar-refractivity contribution in [2.45, 2.75) is 26.3 Å². The summed E-state index contributed by atoms with van der Waals surface area (Å²) in [7, 11) is 4.03. The van der Waals surface area contributed by atoms with Crippen LogP contribution in [0.15, 0.2) is 67.3 Å². The molecule has 1 saturated heterocycles. The third kappa shape index (κ3) is 5.69. The Morgan fingerprint density at radius 3 is 2.34 bits per heavy atom. The first kappa shape index (κ1) is 28.7. The van der Waals surface area contributed by atoms with E-state index in [9.17, 15) is 4.79 Å². The minimum atomic E-state index is -0.379. The lowest BCUT2D eigenvalue weighted by Crippen LogP contribution is -2.48. The summed E-state index contributed by atoms with van der Waals surface area (Å²) in [5, 5.41) is 1.16. The normalized spacial score (nSPS) is 13.9. The van der Waals surface area contributed by atoms with Crippen molar-refractivity contribution in [2.75, 3.05) is 45.2 Å². The molecule has 0 saturated carbocycles. The highest BCUT2D eigenvalue weighted by Gasteiger charge is 2.27. The van der Waals surface area contributed by atoms with Crippen LogP contribution in [-0.4, -0.2) is 65.9 Å². The number of piperazine rings is 1. The minimum absolute atomic E-state index is 0.0735. The number of amides is 1. The topological polar surface area (TPSA) is 52.6 Å². The van der Waals surface area contributed by atoms with Gasteiger partial charge in [0.25, 0.3) is 0 Å². The molecular weight excluding hydrogens is 537 g/mol. The summed E-state index contributed by atoms with van der Waals surface area (Å²) in [4.78, 5) is 28.7. The Balaban J connectivity index is 1.81. The number of nitrogens with zero attached hydrogens (tertiary/aromatic N) is 5. The fourth-order valence-corrected chi connectivity index (χ4v) is 5.76. The number of aromatic nitrogens is 2. The van der Waals surface area contributed by atoms with Crippen molar-refractivity contribution in [1.82, 2.24) is 19.8 Å². The molecular formula is C33H35ClFN5O. The Labute approximate surface area is 246 Å². The van der Waals surface area contributed by atoms with Crippen LogP contribution >= 0.6 is 11.6 Å². The van der Waals surface area contributed by atoms with E-state index in [1.54, 1.807) is 23.1 Å². The van der Waals surface area contributed by atoms with E-state index in [-0.39, 0.29) is 17.6 Å². The zero-order valence-corrected chi connectivity index (χ0v) is 24.7. The van der Waals surface area contributed by atoms with E-state index in [0.29, 0.717) is 49.0 Å². The highest BCUT2D eigenvalue weighted by Crippen LogP contribution is 2.42. The molecule has 6 nitrogen and oxygen atoms in total. The number of fused-ring (bicyclic) bond motifs is 1. The Morgan fingerprint density at radius 2 is 1.71 bits per heavy atom. The van der Waals surface area contributed by atoms with E-state index < -0.39 is 0 Å². The van der Waals surface area contributed by atoms with Gasteiger partial charge in [0, 0.05) is 49.2 Å². The molecule has 8 heteroatoms. The van der Waals surface area contributed by atoms with Crippen molar-refractivity contribution in [3.8, 4) is 22.4 Å². The van der Waals surface area contributed by atoms with Gasteiger partial charge >= 0.3 is 0 Å². The predicted molar refractivity (Wildman–Crippen MR) is 166 cm³/mol. The molecule has 41 heavy (non-hydrogen) atoms. The molecule has 0 spiro atoms. The number of carbonyl (C=O) groups is 1. The average Bonchev–Trinajstić information content (AvgIpc) is 2.96. The van der Waals surface area contributed by atoms with Crippen LogP contribution < -0.4 is 4.90 Å². The number of carbonyl (C=O) groups excluding carboxylic acids is 1. The van der Waals surface area contributed by atoms with Crippen LogP contribution in [0.25, 0.3) is 33.3 Å². The van der Waals surface area contributed by atoms with Crippen LogP contribution in [0.1, 0.15) is 31.0 Å². The zero-order valence-electron chi connectivity index (χ0n) is 24.0. The van der Waals surface area contributed by atoms with Crippen molar-refractivity contribution in [2.24, 2.45) is 0 Å². The molecule has 1 aliphatic heterocycles. The maximum absolute atomic E-state index is 15.0. The molecule has 0 atom stereocenters. The molecule has 5 rings (SSSR count). The first-order chi connectivity index (χ1) is 19.7. The summed E-state index contributed by atoms with van der Waals surface area (Å²) in [6.45, 7) is 10.9. The second-order valence-electron chi connectivity index (χ2n) is 10.9. The van der Waals surface area contributed by atoms with Gasteiger partial charge in [-0.3, -0.25) is 4.79 Å². The minimum Gasteiger partial charge on any atom is -0.352 e. The van der Waals surface area contributed by atoms with Gasteiger partial charge in [-0.05, 0) is 55.4 Å². The fraction of sp³-hybridized carbons (Fsp3) is 0.303. The largest absolute Gasteiger partial charge is 0.352 e. The average molecular weight is 572 g/mol. The summed E-state index contributed by atoms with van der Waals surface area (Å²) in [6.07, 6.45) is 1.35. The Bertz CT molecular complexity index is 1610. The van der Waals surface area contributed by atoms with Gasteiger partial charge in [-0.2, -0.15) is 0 Å². The lowest BCUT2D eigenvalue weighted by Gasteiger charge is -2.36. The van der Waals surface area contributed by atoms with Crippen molar-refractivity contribution in [1.29, 1.82) is 0 Å². The Morgan fingerprint density at radius 1 is 1.05 bits per heavy atom. The summed E-state index contributed by atoms with van der Waals surface area (Å²) in [6, 6.07) is 16.8. The molecule has 0 N–H and O–H groups in total. The van der Waals surface area contributed by atoms with Gasteiger partial charge in [0.05, 0.1) is 21.9 Å². The van der Waals surface area contributed by atoms with E-state index in [4.69, 9.17) is 21.6 Å². The molecule has 212 valence electrons. The fourth-order valence-electron chi connectivity index (χ4n) is 5.51. The first-order valence-corrected chi connectivity index (χ1v) is 14.3. The Kier molecular flexibility index (Phi) is 8.38. The summed E-state index contributed by atoms with van der Waals surface area (Å²) < 4.78 is 15.0. The van der Waals surface area contributed by atoms with Crippen LogP contribution in [0, 0.1) is 5.82 Å². The van der Waals surface area contributed by atoms with Crippen molar-refractivity contribution in [3.05, 3.63) is 89.3 Å². The molecule has 4 aromatic rings. The van der Waals surface area contributed by atoms with Crippen LogP contribution in [0.4, 0.5) is 10.2 Å². The number of halogens is 2. The summed E-state index contributed by atoms with van der Waals surface area (Å²) in [5.41, 5.74) is 5.53. The zero-order chi connectivity index (χ0) is 29.3. The van der Waals surface area contributed by atoms with Crippen molar-refractivity contribution in [3.63, 3.8) is 0 Å². The van der Waals surface area contributed by atoms with Gasteiger partial charge in [0.2, 0.25) is 5.91 Å². The van der Waals surface area contributed by atoms with E-state index in [1.165, 1.54) is 17.7 Å². The number of benzene rings is 2. The van der Waals surface area contributed by atoms with Crippen LogP contribution in [0.5, 0.6) is 0 Å². The molecule has 0 radical (unpaired) electrons. The van der Waals surface area contributed by atoms with Gasteiger partial charge in [-0.25, -0.2) is 14.4 Å². The highest BCUT2D eigenvalue weighted by molar-refractivity contribution is 6.34. The number of hydrogen-bond donors (Lipinski definition) is 0. The quantitative estimate of drug-likeness (QED) is 0.229. The van der Waals surface area contributed by atoms with E-state index in [1.807, 2.05) is 32.3 Å². The summed E-state index contributed by atoms with van der Waals surface area (Å²) in [5.74, 6) is 0.580. The first-order valence-electron chi connectivity index (χ1n) is 13.9. The maximum Gasteiger partial charge on any atom is 0.246 e. The lowest BCUT2D eigenvalue weighted by atomic mass is 9.90. The molecule has 2 aromatic carbocycles. The molecule has 2 aromatic heterocycles. The number of anilines is 1. The third-order valence-electron chi connectivity index (χ3n) is 7.50. The van der Waals surface area contributed by atoms with E-state index in [2.05, 4.69) is 42.4 Å². The van der Waals surface area contributed by atoms with Crippen LogP contribution in [0.3, 0.4) is 0 Å². The molecule has 3 heterocycles. The SMILES string of the molecule is C=CC(=O)N1CCN(c2nc(CN(C)C)c(-c3ccccc3C(C)C)c3nc(-c4ccccc4F)c(Cl)cc23)CC1. The second-order valence-corrected chi connectivity index (χ2v) is 11.4. The molecule has 1 aliphatic rings. The molecule has 1 fully saturated rings. The monoisotopic (exact) mass is 571 g/mol. The predicted octanol–water partition coefficient (Wildman–Crippen LogP) is 6.78. The standard InChI is InChI=1S/C33H35ClFN5O/c1-6-29(41)39-15-17-40(18-16-39)33-25-19-26(34)31(24-13-9-10-14-27(24)35)37-32(25)30(28(36-33)20-38(4)5)23-12-8-7-11-22(23)21(2)3/h6-14,19,21H,1,15-18,20H2,2-5H3. The summed E-state index contributed by atoms with van der Waals surface area (Å²) >= 11 is 6.86. The molecule has 0 bridgehead atoms. The Hall–Kier alpha value is -3.81. The number of pyridine rings is 2. The second kappa shape index (κ2) is 12.0. The van der Waals surface area contributed by atoms with Gasteiger partial charge in [-0.1, -0.05) is 68.4 Å². The highest BCUT2D eigenvalue weighted by atomic mass is 35.5. The number of rotatable bonds is 7. The van der Waals surface area contributed by atoms with E-state index >= 15 is 4.39 Å². The molecule has 0 aliphatic carbocycles. The van der Waals surface area contributed by atoms with Gasteiger partial charge in [-0.15, -0.1) is 0 Å². The molecule has 1 amide bonds. The number of hydrogen-bond acceptors (Lipinski definition) is 5. The third-order valence-corrected chi connectivity index (χ3v) is 7.78. The van der Waals surface area contributed by atoms with Crippen LogP contribution in [-0.2, 0) is 11.3 Å². The molecule has 0 unspecified atom stereocenters. The van der Waals surface area contributed by atoms with Gasteiger partial charge in [0.15, 0.2) is 0 Å². The lowest BCUT2D eigenvalue weighted by molar-refractivity contribution is -0.126. The van der Waals surface area contributed by atoms with E-state index in [0.717, 1.165) is 33.5 Å². The van der Waals surface area contributed by atoms with Crippen molar-refractivity contribution < 1.29 is 9.18 Å².